The van der Waals surface area contributed by atoms with Gasteiger partial charge in [0.1, 0.15) is 0 Å². The molecule has 0 bridgehead atoms. The minimum atomic E-state index is -0.665. The third-order valence-electron chi connectivity index (χ3n) is 3.36. The first-order valence-electron chi connectivity index (χ1n) is 8.50. The Hall–Kier alpha value is -3.03. The summed E-state index contributed by atoms with van der Waals surface area (Å²) in [6, 6.07) is 5.25. The van der Waals surface area contributed by atoms with Gasteiger partial charge in [0.25, 0.3) is 5.91 Å². The van der Waals surface area contributed by atoms with Gasteiger partial charge in [-0.3, -0.25) is 9.59 Å². The first-order chi connectivity index (χ1) is 13.0. The van der Waals surface area contributed by atoms with E-state index in [4.69, 9.17) is 18.9 Å². The molecule has 0 aliphatic heterocycles. The second-order valence-corrected chi connectivity index (χ2v) is 5.28. The van der Waals surface area contributed by atoms with Gasteiger partial charge in [0, 0.05) is 24.6 Å². The Balaban J connectivity index is 2.37. The zero-order chi connectivity index (χ0) is 20.1. The maximum Gasteiger partial charge on any atom is 0.331 e. The van der Waals surface area contributed by atoms with E-state index in [0.29, 0.717) is 36.6 Å². The van der Waals surface area contributed by atoms with E-state index >= 15 is 0 Å². The topological polar surface area (TPSA) is 100 Å². The van der Waals surface area contributed by atoms with Crippen molar-refractivity contribution in [3.8, 4) is 11.5 Å². The van der Waals surface area contributed by atoms with Crippen LogP contribution in [-0.4, -0.2) is 51.8 Å². The van der Waals surface area contributed by atoms with E-state index in [-0.39, 0.29) is 12.4 Å². The molecule has 0 unspecified atom stereocenters. The summed E-state index contributed by atoms with van der Waals surface area (Å²) in [6.45, 7) is 1.95. The van der Waals surface area contributed by atoms with Crippen molar-refractivity contribution in [2.24, 2.45) is 0 Å². The molecule has 1 aromatic carbocycles. The van der Waals surface area contributed by atoms with Crippen LogP contribution in [0.4, 0.5) is 0 Å². The van der Waals surface area contributed by atoms with Crippen LogP contribution in [0, 0.1) is 0 Å². The average molecular weight is 379 g/mol. The Kier molecular flexibility index (Phi) is 10.1. The normalized spacial score (nSPS) is 10.3. The molecule has 0 fully saturated rings. The molecule has 1 aromatic rings. The molecule has 1 N–H and O–H groups in total. The van der Waals surface area contributed by atoms with Gasteiger partial charge in [-0.1, -0.05) is 12.1 Å². The third-order valence-corrected chi connectivity index (χ3v) is 3.36. The molecule has 0 aliphatic rings. The van der Waals surface area contributed by atoms with E-state index in [0.717, 1.165) is 0 Å². The molecule has 0 heterocycles. The lowest BCUT2D eigenvalue weighted by atomic mass is 10.1. The third kappa shape index (κ3) is 8.26. The van der Waals surface area contributed by atoms with Crippen LogP contribution in [0.1, 0.15) is 25.3 Å². The number of amides is 1. The van der Waals surface area contributed by atoms with E-state index in [1.807, 2.05) is 0 Å². The fourth-order valence-electron chi connectivity index (χ4n) is 2.13. The summed E-state index contributed by atoms with van der Waals surface area (Å²) in [4.78, 5) is 34.5. The lowest BCUT2D eigenvalue weighted by molar-refractivity contribution is -0.143. The van der Waals surface area contributed by atoms with Crippen molar-refractivity contribution in [1.82, 2.24) is 5.32 Å². The number of carbonyl (C=O) groups excluding carboxylic acids is 3. The zero-order valence-electron chi connectivity index (χ0n) is 15.8. The van der Waals surface area contributed by atoms with Crippen LogP contribution < -0.4 is 14.8 Å². The van der Waals surface area contributed by atoms with Crippen molar-refractivity contribution in [2.75, 3.05) is 34.0 Å². The number of hydrogen-bond acceptors (Lipinski definition) is 7. The predicted octanol–water partition coefficient (Wildman–Crippen LogP) is 1.72. The quantitative estimate of drug-likeness (QED) is 0.355. The number of carbonyl (C=O) groups is 3. The second-order valence-electron chi connectivity index (χ2n) is 5.28. The predicted molar refractivity (Wildman–Crippen MR) is 98.4 cm³/mol. The van der Waals surface area contributed by atoms with Crippen LogP contribution in [0.15, 0.2) is 24.3 Å². The SMILES string of the molecule is CCOC(=O)CCCNC(=O)COC(=O)/C=C/c1cccc(OC)c1OC. The van der Waals surface area contributed by atoms with E-state index in [9.17, 15) is 14.4 Å². The van der Waals surface area contributed by atoms with Gasteiger partial charge in [-0.05, 0) is 25.5 Å². The summed E-state index contributed by atoms with van der Waals surface area (Å²) in [5.74, 6) is -0.393. The van der Waals surface area contributed by atoms with E-state index in [2.05, 4.69) is 5.32 Å². The molecule has 0 saturated carbocycles. The summed E-state index contributed by atoms with van der Waals surface area (Å²) < 4.78 is 20.1. The molecule has 0 aromatic heterocycles. The molecule has 0 radical (unpaired) electrons. The highest BCUT2D eigenvalue weighted by Gasteiger charge is 2.09. The number of ether oxygens (including phenoxy) is 4. The van der Waals surface area contributed by atoms with Gasteiger partial charge in [0.15, 0.2) is 18.1 Å². The molecule has 8 nitrogen and oxygen atoms in total. The van der Waals surface area contributed by atoms with Crippen molar-refractivity contribution in [2.45, 2.75) is 19.8 Å². The molecule has 0 aliphatic carbocycles. The first kappa shape index (κ1) is 22.0. The van der Waals surface area contributed by atoms with Crippen molar-refractivity contribution >= 4 is 23.9 Å². The summed E-state index contributed by atoms with van der Waals surface area (Å²) in [7, 11) is 3.02. The lowest BCUT2D eigenvalue weighted by Crippen LogP contribution is -2.29. The zero-order valence-corrected chi connectivity index (χ0v) is 15.8. The first-order valence-corrected chi connectivity index (χ1v) is 8.50. The molecule has 0 spiro atoms. The lowest BCUT2D eigenvalue weighted by Gasteiger charge is -2.09. The number of rotatable bonds is 11. The Bertz CT molecular complexity index is 670. The second kappa shape index (κ2) is 12.3. The number of hydrogen-bond donors (Lipinski definition) is 1. The molecule has 0 atom stereocenters. The minimum absolute atomic E-state index is 0.221. The van der Waals surface area contributed by atoms with Gasteiger partial charge < -0.3 is 24.3 Å². The standard InChI is InChI=1S/C19H25NO7/c1-4-26-17(22)9-6-12-20-16(21)13-27-18(23)11-10-14-7-5-8-15(24-2)19(14)25-3/h5,7-8,10-11H,4,6,9,12-13H2,1-3H3,(H,20,21)/b11-10+. The maximum atomic E-state index is 11.7. The summed E-state index contributed by atoms with van der Waals surface area (Å²) >= 11 is 0. The molecular weight excluding hydrogens is 354 g/mol. The Labute approximate surface area is 158 Å². The van der Waals surface area contributed by atoms with E-state index < -0.39 is 18.5 Å². The molecule has 1 rings (SSSR count). The number of nitrogens with one attached hydrogen (secondary N) is 1. The minimum Gasteiger partial charge on any atom is -0.493 e. The molecule has 148 valence electrons. The highest BCUT2D eigenvalue weighted by atomic mass is 16.5. The number of methoxy groups -OCH3 is 2. The molecule has 8 heteroatoms. The monoisotopic (exact) mass is 379 g/mol. The fraction of sp³-hybridized carbons (Fsp3) is 0.421. The van der Waals surface area contributed by atoms with E-state index in [1.54, 1.807) is 25.1 Å². The summed E-state index contributed by atoms with van der Waals surface area (Å²) in [6.07, 6.45) is 3.39. The Morgan fingerprint density at radius 2 is 1.89 bits per heavy atom. The number of benzene rings is 1. The molecule has 0 saturated heterocycles. The maximum absolute atomic E-state index is 11.7. The number of esters is 2. The highest BCUT2D eigenvalue weighted by molar-refractivity contribution is 5.89. The van der Waals surface area contributed by atoms with Crippen LogP contribution in [0.3, 0.4) is 0 Å². The smallest absolute Gasteiger partial charge is 0.331 e. The molecule has 1 amide bonds. The van der Waals surface area contributed by atoms with Gasteiger partial charge >= 0.3 is 11.9 Å². The van der Waals surface area contributed by atoms with Gasteiger partial charge in [0.2, 0.25) is 0 Å². The van der Waals surface area contributed by atoms with Gasteiger partial charge in [-0.15, -0.1) is 0 Å². The number of para-hydroxylation sites is 1. The van der Waals surface area contributed by atoms with Crippen LogP contribution in [0.2, 0.25) is 0 Å². The fourth-order valence-corrected chi connectivity index (χ4v) is 2.13. The average Bonchev–Trinajstić information content (AvgIpc) is 2.67. The molecular formula is C19H25NO7. The van der Waals surface area contributed by atoms with Crippen molar-refractivity contribution in [3.05, 3.63) is 29.8 Å². The van der Waals surface area contributed by atoms with Crippen molar-refractivity contribution in [1.29, 1.82) is 0 Å². The van der Waals surface area contributed by atoms with Gasteiger partial charge in [-0.2, -0.15) is 0 Å². The highest BCUT2D eigenvalue weighted by Crippen LogP contribution is 2.31. The van der Waals surface area contributed by atoms with Crippen molar-refractivity contribution < 1.29 is 33.3 Å². The Morgan fingerprint density at radius 3 is 2.56 bits per heavy atom. The van der Waals surface area contributed by atoms with Gasteiger partial charge in [0.05, 0.1) is 20.8 Å². The Morgan fingerprint density at radius 1 is 1.11 bits per heavy atom. The van der Waals surface area contributed by atoms with Crippen LogP contribution >= 0.6 is 0 Å². The molecule has 27 heavy (non-hydrogen) atoms. The summed E-state index contributed by atoms with van der Waals surface area (Å²) in [5, 5.41) is 2.56. The van der Waals surface area contributed by atoms with Crippen LogP contribution in [0.25, 0.3) is 6.08 Å². The summed E-state index contributed by atoms with van der Waals surface area (Å²) in [5.41, 5.74) is 0.636. The largest absolute Gasteiger partial charge is 0.493 e. The van der Waals surface area contributed by atoms with Crippen LogP contribution in [0.5, 0.6) is 11.5 Å². The van der Waals surface area contributed by atoms with E-state index in [1.165, 1.54) is 26.4 Å². The van der Waals surface area contributed by atoms with Crippen LogP contribution in [-0.2, 0) is 23.9 Å². The van der Waals surface area contributed by atoms with Crippen molar-refractivity contribution in [3.63, 3.8) is 0 Å². The van der Waals surface area contributed by atoms with Gasteiger partial charge in [-0.25, -0.2) is 4.79 Å².